The summed E-state index contributed by atoms with van der Waals surface area (Å²) in [7, 11) is 0. The highest BCUT2D eigenvalue weighted by atomic mass is 16.6. The summed E-state index contributed by atoms with van der Waals surface area (Å²) < 4.78 is 11.2. The van der Waals surface area contributed by atoms with Crippen molar-refractivity contribution in [2.45, 2.75) is 73.6 Å². The van der Waals surface area contributed by atoms with Crippen LogP contribution in [-0.4, -0.2) is 55.0 Å². The van der Waals surface area contributed by atoms with Crippen LogP contribution in [0, 0.1) is 17.8 Å². The smallest absolute Gasteiger partial charge is 0.407 e. The minimum Gasteiger partial charge on any atom is -0.449 e. The Labute approximate surface area is 203 Å². The topological polar surface area (TPSA) is 134 Å². The molecule has 10 nitrogen and oxygen atoms in total. The van der Waals surface area contributed by atoms with Gasteiger partial charge in [-0.1, -0.05) is 47.5 Å². The summed E-state index contributed by atoms with van der Waals surface area (Å²) in [5, 5.41) is 8.00. The van der Waals surface area contributed by atoms with Gasteiger partial charge >= 0.3 is 12.1 Å². The first-order chi connectivity index (χ1) is 15.9. The lowest BCUT2D eigenvalue weighted by atomic mass is 9.91. The Hall–Kier alpha value is -2.62. The molecular weight excluding hydrogens is 438 g/mol. The molecule has 34 heavy (non-hydrogen) atoms. The van der Waals surface area contributed by atoms with E-state index in [0.29, 0.717) is 38.6 Å². The predicted octanol–water partition coefficient (Wildman–Crippen LogP) is 3.97. The number of unbranched alkanes of at least 4 members (excludes halogenated alkanes) is 3. The number of urea groups is 1. The van der Waals surface area contributed by atoms with E-state index in [0.717, 1.165) is 32.1 Å². The number of carbonyl (C=O) groups is 2. The summed E-state index contributed by atoms with van der Waals surface area (Å²) in [6, 6.07) is 0.935. The van der Waals surface area contributed by atoms with Gasteiger partial charge in [0.2, 0.25) is 5.95 Å². The Balaban J connectivity index is 2.05. The summed E-state index contributed by atoms with van der Waals surface area (Å²) in [5.41, 5.74) is 0.118. The highest BCUT2D eigenvalue weighted by molar-refractivity contribution is 5.87. The molecule has 3 amide bonds. The minimum absolute atomic E-state index is 0.122. The van der Waals surface area contributed by atoms with Gasteiger partial charge in [-0.25, -0.2) is 9.59 Å². The number of amides is 3. The molecule has 10 heteroatoms. The van der Waals surface area contributed by atoms with Gasteiger partial charge in [-0.3, -0.25) is 10.1 Å². The third-order valence-corrected chi connectivity index (χ3v) is 5.30. The summed E-state index contributed by atoms with van der Waals surface area (Å²) in [6.07, 6.45) is 4.10. The van der Waals surface area contributed by atoms with Crippen molar-refractivity contribution in [1.29, 1.82) is 0 Å². The quantitative estimate of drug-likeness (QED) is 0.280. The van der Waals surface area contributed by atoms with Crippen molar-refractivity contribution in [3.05, 3.63) is 22.1 Å². The molecular formula is C24H43N5O5. The molecule has 0 aliphatic heterocycles. The summed E-state index contributed by atoms with van der Waals surface area (Å²) >= 11 is 0. The SMILES string of the molecule is CCC(C)(C)COCC(C)(C)COC(=O)NCCCCCCNC(=O)Nc1nc(=O)cc(C)[nH]1. The lowest BCUT2D eigenvalue weighted by Crippen LogP contribution is -2.33. The number of ether oxygens (including phenoxy) is 2. The maximum atomic E-state index is 11.9. The predicted molar refractivity (Wildman–Crippen MR) is 133 cm³/mol. The summed E-state index contributed by atoms with van der Waals surface area (Å²) in [6.45, 7) is 14.8. The number of anilines is 1. The second-order valence-corrected chi connectivity index (χ2v) is 10.2. The van der Waals surface area contributed by atoms with Crippen molar-refractivity contribution >= 4 is 18.1 Å². The van der Waals surface area contributed by atoms with E-state index in [-0.39, 0.29) is 16.8 Å². The standard InChI is InChI=1S/C24H43N5O5/c1-7-23(3,4)15-33-16-24(5,6)17-34-22(32)26-13-11-9-8-10-12-25-21(31)29-20-27-18(2)14-19(30)28-20/h14H,7-13,15-17H2,1-6H3,(H,26,32)(H3,25,27,28,29,30,31). The molecule has 1 aromatic rings. The molecule has 0 atom stereocenters. The molecule has 0 aliphatic carbocycles. The van der Waals surface area contributed by atoms with Crippen LogP contribution in [0.5, 0.6) is 0 Å². The van der Waals surface area contributed by atoms with E-state index in [2.05, 4.69) is 46.7 Å². The zero-order valence-electron chi connectivity index (χ0n) is 21.6. The first kappa shape index (κ1) is 29.4. The van der Waals surface area contributed by atoms with Gasteiger partial charge < -0.3 is 25.1 Å². The van der Waals surface area contributed by atoms with Crippen LogP contribution in [0.4, 0.5) is 15.5 Å². The van der Waals surface area contributed by atoms with E-state index in [1.807, 2.05) is 13.8 Å². The summed E-state index contributed by atoms with van der Waals surface area (Å²) in [4.78, 5) is 41.6. The van der Waals surface area contributed by atoms with Crippen molar-refractivity contribution in [2.24, 2.45) is 10.8 Å². The first-order valence-electron chi connectivity index (χ1n) is 12.0. The minimum atomic E-state index is -0.416. The van der Waals surface area contributed by atoms with Crippen LogP contribution < -0.4 is 21.5 Å². The molecule has 1 rings (SSSR count). The molecule has 0 radical (unpaired) electrons. The van der Waals surface area contributed by atoms with E-state index in [9.17, 15) is 14.4 Å². The molecule has 0 aromatic carbocycles. The molecule has 0 saturated carbocycles. The molecule has 1 aromatic heterocycles. The fourth-order valence-electron chi connectivity index (χ4n) is 2.84. The van der Waals surface area contributed by atoms with Crippen molar-refractivity contribution in [1.82, 2.24) is 20.6 Å². The fourth-order valence-corrected chi connectivity index (χ4v) is 2.84. The molecule has 0 fully saturated rings. The lowest BCUT2D eigenvalue weighted by Gasteiger charge is -2.28. The van der Waals surface area contributed by atoms with Gasteiger partial charge in [-0.2, -0.15) is 4.98 Å². The highest BCUT2D eigenvalue weighted by Gasteiger charge is 2.23. The number of carbonyl (C=O) groups excluding carboxylic acids is 2. The highest BCUT2D eigenvalue weighted by Crippen LogP contribution is 2.22. The molecule has 194 valence electrons. The molecule has 0 aliphatic rings. The van der Waals surface area contributed by atoms with E-state index >= 15 is 0 Å². The Morgan fingerprint density at radius 3 is 2.21 bits per heavy atom. The summed E-state index contributed by atoms with van der Waals surface area (Å²) in [5.74, 6) is 0.122. The number of alkyl carbamates (subject to hydrolysis) is 1. The monoisotopic (exact) mass is 481 g/mol. The van der Waals surface area contributed by atoms with Gasteiger partial charge in [0.15, 0.2) is 0 Å². The molecule has 4 N–H and O–H groups in total. The van der Waals surface area contributed by atoms with Crippen LogP contribution in [0.15, 0.2) is 10.9 Å². The van der Waals surface area contributed by atoms with Crippen LogP contribution >= 0.6 is 0 Å². The zero-order chi connectivity index (χ0) is 25.6. The maximum absolute atomic E-state index is 11.9. The number of nitrogens with one attached hydrogen (secondary N) is 4. The second kappa shape index (κ2) is 14.6. The lowest BCUT2D eigenvalue weighted by molar-refractivity contribution is -0.0106. The Morgan fingerprint density at radius 2 is 1.59 bits per heavy atom. The van der Waals surface area contributed by atoms with Gasteiger partial charge in [-0.15, -0.1) is 0 Å². The van der Waals surface area contributed by atoms with E-state index in [1.54, 1.807) is 6.92 Å². The normalized spacial score (nSPS) is 11.7. The third-order valence-electron chi connectivity index (χ3n) is 5.30. The number of nitrogens with zero attached hydrogens (tertiary/aromatic N) is 1. The van der Waals surface area contributed by atoms with Crippen LogP contribution in [-0.2, 0) is 9.47 Å². The van der Waals surface area contributed by atoms with Gasteiger partial charge in [0, 0.05) is 30.3 Å². The van der Waals surface area contributed by atoms with Crippen LogP contribution in [0.1, 0.15) is 72.4 Å². The van der Waals surface area contributed by atoms with Crippen LogP contribution in [0.3, 0.4) is 0 Å². The number of aromatic nitrogens is 2. The van der Waals surface area contributed by atoms with E-state index < -0.39 is 17.7 Å². The Morgan fingerprint density at radius 1 is 0.971 bits per heavy atom. The number of H-pyrrole nitrogens is 1. The van der Waals surface area contributed by atoms with Crippen LogP contribution in [0.2, 0.25) is 0 Å². The van der Waals surface area contributed by atoms with Crippen molar-refractivity contribution in [3.63, 3.8) is 0 Å². The molecule has 0 bridgehead atoms. The molecule has 0 unspecified atom stereocenters. The zero-order valence-corrected chi connectivity index (χ0v) is 21.6. The van der Waals surface area contributed by atoms with Crippen molar-refractivity contribution in [3.8, 4) is 0 Å². The largest absolute Gasteiger partial charge is 0.449 e. The maximum Gasteiger partial charge on any atom is 0.407 e. The van der Waals surface area contributed by atoms with Gasteiger partial charge in [0.1, 0.15) is 6.61 Å². The number of hydrogen-bond donors (Lipinski definition) is 4. The average Bonchev–Trinajstić information content (AvgIpc) is 2.73. The van der Waals surface area contributed by atoms with E-state index in [1.165, 1.54) is 6.07 Å². The number of hydrogen-bond acceptors (Lipinski definition) is 6. The van der Waals surface area contributed by atoms with E-state index in [4.69, 9.17) is 9.47 Å². The second-order valence-electron chi connectivity index (χ2n) is 10.2. The van der Waals surface area contributed by atoms with Gasteiger partial charge in [0.05, 0.1) is 13.2 Å². The van der Waals surface area contributed by atoms with Crippen molar-refractivity contribution in [2.75, 3.05) is 38.2 Å². The molecule has 0 spiro atoms. The third kappa shape index (κ3) is 13.8. The Kier molecular flexibility index (Phi) is 12.6. The Bertz CT molecular complexity index is 822. The molecule has 0 saturated heterocycles. The number of rotatable bonds is 15. The fraction of sp³-hybridized carbons (Fsp3) is 0.750. The molecule has 1 heterocycles. The van der Waals surface area contributed by atoms with Gasteiger partial charge in [-0.05, 0) is 31.6 Å². The number of aryl methyl sites for hydroxylation is 1. The van der Waals surface area contributed by atoms with Gasteiger partial charge in [0.25, 0.3) is 5.56 Å². The first-order valence-corrected chi connectivity index (χ1v) is 12.0. The van der Waals surface area contributed by atoms with Crippen molar-refractivity contribution < 1.29 is 19.1 Å². The van der Waals surface area contributed by atoms with Crippen LogP contribution in [0.25, 0.3) is 0 Å². The number of aromatic amines is 1. The average molecular weight is 482 g/mol.